The lowest BCUT2D eigenvalue weighted by atomic mass is 10.1. The van der Waals surface area contributed by atoms with Crippen LogP contribution >= 0.6 is 12.4 Å². The van der Waals surface area contributed by atoms with Crippen LogP contribution in [0, 0.1) is 10.1 Å². The van der Waals surface area contributed by atoms with Gasteiger partial charge in [0.2, 0.25) is 5.03 Å². The van der Waals surface area contributed by atoms with Crippen LogP contribution in [0.3, 0.4) is 0 Å². The van der Waals surface area contributed by atoms with Crippen molar-refractivity contribution in [3.05, 3.63) is 28.4 Å². The fraction of sp³-hybridized carbons (Fsp3) is 0.500. The molecule has 1 unspecified atom stereocenters. The first-order valence-electron chi connectivity index (χ1n) is 5.78. The maximum Gasteiger partial charge on any atom is 0.308 e. The van der Waals surface area contributed by atoms with Gasteiger partial charge in [-0.2, -0.15) is 4.31 Å². The van der Waals surface area contributed by atoms with Gasteiger partial charge in [-0.05, 0) is 18.9 Å². The Bertz CT molecular complexity index is 595. The zero-order valence-electron chi connectivity index (χ0n) is 10.5. The third-order valence-electron chi connectivity index (χ3n) is 2.95. The van der Waals surface area contributed by atoms with E-state index in [0.29, 0.717) is 13.0 Å². The van der Waals surface area contributed by atoms with Crippen LogP contribution in [0.1, 0.15) is 12.8 Å². The van der Waals surface area contributed by atoms with E-state index in [9.17, 15) is 18.5 Å². The van der Waals surface area contributed by atoms with E-state index in [1.165, 1.54) is 12.3 Å². The molecule has 2 heterocycles. The Kier molecular flexibility index (Phi) is 5.40. The van der Waals surface area contributed by atoms with E-state index < -0.39 is 25.7 Å². The number of hydrogen-bond donors (Lipinski definition) is 1. The molecule has 1 aromatic heterocycles. The Morgan fingerprint density at radius 3 is 2.80 bits per heavy atom. The van der Waals surface area contributed by atoms with E-state index in [1.54, 1.807) is 0 Å². The van der Waals surface area contributed by atoms with Gasteiger partial charge in [0, 0.05) is 31.4 Å². The second-order valence-electron chi connectivity index (χ2n) is 4.35. The van der Waals surface area contributed by atoms with E-state index in [-0.39, 0.29) is 25.0 Å². The molecule has 2 rings (SSSR count). The molecule has 0 aromatic carbocycles. The molecular weight excluding hydrogens is 308 g/mol. The maximum atomic E-state index is 12.4. The Hall–Kier alpha value is -1.29. The highest BCUT2D eigenvalue weighted by atomic mass is 35.5. The molecule has 8 nitrogen and oxygen atoms in total. The van der Waals surface area contributed by atoms with E-state index in [4.69, 9.17) is 5.73 Å². The largest absolute Gasteiger partial charge is 0.327 e. The van der Waals surface area contributed by atoms with Crippen LogP contribution in [0.5, 0.6) is 0 Å². The number of pyridine rings is 1. The summed E-state index contributed by atoms with van der Waals surface area (Å²) in [7, 11) is -3.97. The predicted octanol–water partition coefficient (Wildman–Crippen LogP) is 0.523. The van der Waals surface area contributed by atoms with Crippen molar-refractivity contribution in [2.75, 3.05) is 13.1 Å². The maximum absolute atomic E-state index is 12.4. The van der Waals surface area contributed by atoms with Gasteiger partial charge in [-0.15, -0.1) is 12.4 Å². The fourth-order valence-corrected chi connectivity index (χ4v) is 3.64. The lowest BCUT2D eigenvalue weighted by molar-refractivity contribution is -0.388. The summed E-state index contributed by atoms with van der Waals surface area (Å²) in [6, 6.07) is 2.22. The highest BCUT2D eigenvalue weighted by Gasteiger charge is 2.35. The topological polar surface area (TPSA) is 119 Å². The minimum absolute atomic E-state index is 0. The standard InChI is InChI=1S/C10H14N4O4S.ClH/c11-8-3-2-6-13(7-8)19(17,18)10-9(14(15)16)4-1-5-12-10;/h1,4-5,8H,2-3,6-7,11H2;1H. The minimum Gasteiger partial charge on any atom is -0.327 e. The molecule has 1 aliphatic rings. The highest BCUT2D eigenvalue weighted by Crippen LogP contribution is 2.25. The zero-order valence-corrected chi connectivity index (χ0v) is 12.1. The van der Waals surface area contributed by atoms with Gasteiger partial charge in [0.1, 0.15) is 0 Å². The molecule has 2 N–H and O–H groups in total. The Labute approximate surface area is 122 Å². The summed E-state index contributed by atoms with van der Waals surface area (Å²) in [6.45, 7) is 0.472. The Balaban J connectivity index is 0.00000200. The van der Waals surface area contributed by atoms with Crippen LogP contribution in [0.4, 0.5) is 5.69 Å². The Morgan fingerprint density at radius 2 is 2.20 bits per heavy atom. The molecule has 0 radical (unpaired) electrons. The van der Waals surface area contributed by atoms with Crippen LogP contribution in [-0.4, -0.2) is 41.8 Å². The third kappa shape index (κ3) is 3.23. The normalized spacial score (nSPS) is 20.1. The van der Waals surface area contributed by atoms with Crippen LogP contribution < -0.4 is 5.73 Å². The molecule has 112 valence electrons. The molecule has 0 bridgehead atoms. The van der Waals surface area contributed by atoms with Crippen LogP contribution in [0.25, 0.3) is 0 Å². The average Bonchev–Trinajstić information content (AvgIpc) is 2.38. The molecule has 1 atom stereocenters. The highest BCUT2D eigenvalue weighted by molar-refractivity contribution is 7.89. The van der Waals surface area contributed by atoms with Gasteiger partial charge in [-0.3, -0.25) is 10.1 Å². The number of sulfonamides is 1. The molecular formula is C10H15ClN4O4S. The van der Waals surface area contributed by atoms with Gasteiger partial charge in [0.25, 0.3) is 10.0 Å². The number of hydrogen-bond acceptors (Lipinski definition) is 6. The van der Waals surface area contributed by atoms with Crippen molar-refractivity contribution in [2.24, 2.45) is 5.73 Å². The smallest absolute Gasteiger partial charge is 0.308 e. The average molecular weight is 323 g/mol. The number of nitrogens with two attached hydrogens (primary N) is 1. The summed E-state index contributed by atoms with van der Waals surface area (Å²) in [5.41, 5.74) is 5.22. The van der Waals surface area contributed by atoms with E-state index in [0.717, 1.165) is 16.8 Å². The van der Waals surface area contributed by atoms with Gasteiger partial charge in [0.05, 0.1) is 4.92 Å². The zero-order chi connectivity index (χ0) is 14.0. The lowest BCUT2D eigenvalue weighted by Crippen LogP contribution is -2.45. The molecule has 1 fully saturated rings. The molecule has 10 heteroatoms. The summed E-state index contributed by atoms with van der Waals surface area (Å²) in [6.07, 6.45) is 2.61. The molecule has 0 aliphatic carbocycles. The number of halogens is 1. The van der Waals surface area contributed by atoms with Gasteiger partial charge < -0.3 is 5.73 Å². The van der Waals surface area contributed by atoms with Crippen molar-refractivity contribution in [3.8, 4) is 0 Å². The predicted molar refractivity (Wildman–Crippen MR) is 74.1 cm³/mol. The summed E-state index contributed by atoms with van der Waals surface area (Å²) < 4.78 is 25.9. The molecule has 0 spiro atoms. The van der Waals surface area contributed by atoms with Gasteiger partial charge in [0.15, 0.2) is 0 Å². The van der Waals surface area contributed by atoms with Crippen LogP contribution in [-0.2, 0) is 10.0 Å². The quantitative estimate of drug-likeness (QED) is 0.640. The number of nitrogens with zero attached hydrogens (tertiary/aromatic N) is 3. The van der Waals surface area contributed by atoms with Crippen molar-refractivity contribution in [1.29, 1.82) is 0 Å². The van der Waals surface area contributed by atoms with Crippen molar-refractivity contribution in [1.82, 2.24) is 9.29 Å². The first-order chi connectivity index (χ1) is 8.93. The number of rotatable bonds is 3. The van der Waals surface area contributed by atoms with Crippen molar-refractivity contribution in [2.45, 2.75) is 23.9 Å². The second kappa shape index (κ2) is 6.44. The van der Waals surface area contributed by atoms with Gasteiger partial charge in [-0.1, -0.05) is 0 Å². The Morgan fingerprint density at radius 1 is 1.50 bits per heavy atom. The molecule has 1 saturated heterocycles. The van der Waals surface area contributed by atoms with Crippen LogP contribution in [0.2, 0.25) is 0 Å². The lowest BCUT2D eigenvalue weighted by Gasteiger charge is -2.29. The summed E-state index contributed by atoms with van der Waals surface area (Å²) in [5, 5.41) is 10.4. The minimum atomic E-state index is -3.97. The number of piperidine rings is 1. The summed E-state index contributed by atoms with van der Waals surface area (Å²) >= 11 is 0. The number of aromatic nitrogens is 1. The van der Waals surface area contributed by atoms with Crippen molar-refractivity contribution in [3.63, 3.8) is 0 Å². The van der Waals surface area contributed by atoms with Gasteiger partial charge >= 0.3 is 5.69 Å². The fourth-order valence-electron chi connectivity index (χ4n) is 2.03. The monoisotopic (exact) mass is 322 g/mol. The molecule has 20 heavy (non-hydrogen) atoms. The first-order valence-corrected chi connectivity index (χ1v) is 7.22. The molecule has 1 aromatic rings. The van der Waals surface area contributed by atoms with E-state index in [1.807, 2.05) is 0 Å². The summed E-state index contributed by atoms with van der Waals surface area (Å²) in [5.74, 6) is 0. The van der Waals surface area contributed by atoms with Crippen molar-refractivity contribution >= 4 is 28.1 Å². The SMILES string of the molecule is Cl.NC1CCCN(S(=O)(=O)c2ncccc2[N+](=O)[O-])C1. The molecule has 1 aliphatic heterocycles. The molecule has 0 saturated carbocycles. The third-order valence-corrected chi connectivity index (χ3v) is 4.77. The van der Waals surface area contributed by atoms with Gasteiger partial charge in [-0.25, -0.2) is 13.4 Å². The van der Waals surface area contributed by atoms with Crippen LogP contribution in [0.15, 0.2) is 23.4 Å². The van der Waals surface area contributed by atoms with E-state index in [2.05, 4.69) is 4.98 Å². The first kappa shape index (κ1) is 16.8. The number of nitro groups is 1. The molecule has 0 amide bonds. The summed E-state index contributed by atoms with van der Waals surface area (Å²) in [4.78, 5) is 13.8. The van der Waals surface area contributed by atoms with E-state index >= 15 is 0 Å². The second-order valence-corrected chi connectivity index (χ2v) is 6.20. The van der Waals surface area contributed by atoms with Crippen molar-refractivity contribution < 1.29 is 13.3 Å².